The fraction of sp³-hybridized carbons (Fsp3) is 0.533. The molecule has 0 amide bonds. The molecule has 2 N–H and O–H groups in total. The minimum Gasteiger partial charge on any atom is -0.330 e. The van der Waals surface area contributed by atoms with Crippen molar-refractivity contribution in [3.8, 4) is 0 Å². The lowest BCUT2D eigenvalue weighted by Crippen LogP contribution is -2.26. The number of rotatable bonds is 4. The minimum atomic E-state index is 0.276. The highest BCUT2D eigenvalue weighted by Gasteiger charge is 2.25. The second-order valence-electron chi connectivity index (χ2n) is 5.08. The van der Waals surface area contributed by atoms with Gasteiger partial charge in [0.05, 0.1) is 0 Å². The standard InChI is InChI=1S/C15H21NO/c16-11-13-6-8-14(9-7-13)15(17)10-12-4-2-1-3-5-12/h1-5,13-14H,6-11,16H2. The van der Waals surface area contributed by atoms with Crippen LogP contribution in [-0.2, 0) is 11.2 Å². The first-order valence-electron chi connectivity index (χ1n) is 6.56. The fourth-order valence-electron chi connectivity index (χ4n) is 2.66. The van der Waals surface area contributed by atoms with Gasteiger partial charge in [-0.25, -0.2) is 0 Å². The zero-order chi connectivity index (χ0) is 12.1. The van der Waals surface area contributed by atoms with Gasteiger partial charge >= 0.3 is 0 Å². The Morgan fingerprint density at radius 1 is 1.12 bits per heavy atom. The molecular weight excluding hydrogens is 210 g/mol. The average Bonchev–Trinajstić information content (AvgIpc) is 2.40. The third kappa shape index (κ3) is 3.40. The minimum absolute atomic E-state index is 0.276. The van der Waals surface area contributed by atoms with Crippen LogP contribution in [0.3, 0.4) is 0 Å². The quantitative estimate of drug-likeness (QED) is 0.865. The maximum atomic E-state index is 12.1. The number of carbonyl (C=O) groups is 1. The Labute approximate surface area is 103 Å². The number of Topliss-reactive ketones (excluding diaryl/α,β-unsaturated/α-hetero) is 1. The van der Waals surface area contributed by atoms with Crippen LogP contribution in [0.5, 0.6) is 0 Å². The summed E-state index contributed by atoms with van der Waals surface area (Å²) in [5.74, 6) is 1.33. The van der Waals surface area contributed by atoms with Crippen molar-refractivity contribution in [2.24, 2.45) is 17.6 Å². The lowest BCUT2D eigenvalue weighted by Gasteiger charge is -2.26. The van der Waals surface area contributed by atoms with E-state index in [0.717, 1.165) is 37.8 Å². The van der Waals surface area contributed by atoms with Crippen molar-refractivity contribution >= 4 is 5.78 Å². The van der Waals surface area contributed by atoms with Gasteiger partial charge in [-0.05, 0) is 43.7 Å². The Morgan fingerprint density at radius 2 is 1.76 bits per heavy atom. The van der Waals surface area contributed by atoms with E-state index in [1.807, 2.05) is 30.3 Å². The van der Waals surface area contributed by atoms with Crippen molar-refractivity contribution in [3.63, 3.8) is 0 Å². The molecule has 0 saturated heterocycles. The first-order chi connectivity index (χ1) is 8.29. The molecule has 0 spiro atoms. The Bertz CT molecular complexity index is 352. The monoisotopic (exact) mass is 231 g/mol. The molecule has 1 aromatic rings. The van der Waals surface area contributed by atoms with Crippen LogP contribution in [0.15, 0.2) is 30.3 Å². The molecule has 0 aliphatic heterocycles. The highest BCUT2D eigenvalue weighted by Crippen LogP contribution is 2.29. The lowest BCUT2D eigenvalue weighted by molar-refractivity contribution is -0.123. The third-order valence-corrected chi connectivity index (χ3v) is 3.86. The zero-order valence-corrected chi connectivity index (χ0v) is 10.3. The summed E-state index contributed by atoms with van der Waals surface area (Å²) in [7, 11) is 0. The van der Waals surface area contributed by atoms with Crippen LogP contribution in [-0.4, -0.2) is 12.3 Å². The topological polar surface area (TPSA) is 43.1 Å². The molecule has 2 nitrogen and oxygen atoms in total. The SMILES string of the molecule is NCC1CCC(C(=O)Cc2ccccc2)CC1. The predicted molar refractivity (Wildman–Crippen MR) is 69.7 cm³/mol. The molecule has 0 radical (unpaired) electrons. The van der Waals surface area contributed by atoms with Gasteiger partial charge in [0.15, 0.2) is 0 Å². The number of hydrogen-bond acceptors (Lipinski definition) is 2. The van der Waals surface area contributed by atoms with E-state index in [0.29, 0.717) is 18.1 Å². The summed E-state index contributed by atoms with van der Waals surface area (Å²) in [6, 6.07) is 10.0. The average molecular weight is 231 g/mol. The van der Waals surface area contributed by atoms with Crippen molar-refractivity contribution in [3.05, 3.63) is 35.9 Å². The van der Waals surface area contributed by atoms with E-state index in [1.165, 1.54) is 0 Å². The number of ketones is 1. The number of hydrogen-bond donors (Lipinski definition) is 1. The molecule has 92 valence electrons. The first kappa shape index (κ1) is 12.3. The Hall–Kier alpha value is -1.15. The van der Waals surface area contributed by atoms with Gasteiger partial charge in [-0.2, -0.15) is 0 Å². The van der Waals surface area contributed by atoms with E-state index >= 15 is 0 Å². The molecule has 2 heteroatoms. The third-order valence-electron chi connectivity index (χ3n) is 3.86. The van der Waals surface area contributed by atoms with Crippen molar-refractivity contribution in [1.82, 2.24) is 0 Å². The van der Waals surface area contributed by atoms with E-state index in [2.05, 4.69) is 0 Å². The van der Waals surface area contributed by atoms with Gasteiger partial charge in [-0.15, -0.1) is 0 Å². The van der Waals surface area contributed by atoms with Crippen LogP contribution in [0.2, 0.25) is 0 Å². The number of carbonyl (C=O) groups excluding carboxylic acids is 1. The van der Waals surface area contributed by atoms with Crippen molar-refractivity contribution < 1.29 is 4.79 Å². The first-order valence-corrected chi connectivity index (χ1v) is 6.56. The highest BCUT2D eigenvalue weighted by molar-refractivity contribution is 5.83. The molecule has 0 bridgehead atoms. The van der Waals surface area contributed by atoms with Gasteiger partial charge < -0.3 is 5.73 Å². The van der Waals surface area contributed by atoms with E-state index in [-0.39, 0.29) is 5.92 Å². The van der Waals surface area contributed by atoms with E-state index in [1.54, 1.807) is 0 Å². The lowest BCUT2D eigenvalue weighted by atomic mass is 9.79. The molecule has 0 atom stereocenters. The Balaban J connectivity index is 1.85. The number of nitrogens with two attached hydrogens (primary N) is 1. The van der Waals surface area contributed by atoms with E-state index in [4.69, 9.17) is 5.73 Å². The van der Waals surface area contributed by atoms with E-state index in [9.17, 15) is 4.79 Å². The van der Waals surface area contributed by atoms with Crippen molar-refractivity contribution in [2.75, 3.05) is 6.54 Å². The van der Waals surface area contributed by atoms with Crippen LogP contribution >= 0.6 is 0 Å². The summed E-state index contributed by atoms with van der Waals surface area (Å²) in [6.45, 7) is 0.777. The van der Waals surface area contributed by atoms with Crippen LogP contribution < -0.4 is 5.73 Å². The maximum absolute atomic E-state index is 12.1. The van der Waals surface area contributed by atoms with Gasteiger partial charge in [-0.1, -0.05) is 30.3 Å². The van der Waals surface area contributed by atoms with Crippen LogP contribution in [0.1, 0.15) is 31.2 Å². The molecule has 1 aliphatic rings. The molecule has 0 aromatic heterocycles. The normalized spacial score (nSPS) is 24.5. The van der Waals surface area contributed by atoms with Crippen LogP contribution in [0, 0.1) is 11.8 Å². The molecule has 0 unspecified atom stereocenters. The van der Waals surface area contributed by atoms with Gasteiger partial charge in [0.25, 0.3) is 0 Å². The van der Waals surface area contributed by atoms with Gasteiger partial charge in [-0.3, -0.25) is 4.79 Å². The summed E-state index contributed by atoms with van der Waals surface area (Å²) < 4.78 is 0. The zero-order valence-electron chi connectivity index (χ0n) is 10.3. The smallest absolute Gasteiger partial charge is 0.140 e. The predicted octanol–water partition coefficient (Wildman–Crippen LogP) is 2.56. The van der Waals surface area contributed by atoms with Crippen LogP contribution in [0.25, 0.3) is 0 Å². The maximum Gasteiger partial charge on any atom is 0.140 e. The van der Waals surface area contributed by atoms with E-state index < -0.39 is 0 Å². The summed E-state index contributed by atoms with van der Waals surface area (Å²) >= 11 is 0. The largest absolute Gasteiger partial charge is 0.330 e. The number of benzene rings is 1. The molecule has 1 saturated carbocycles. The van der Waals surface area contributed by atoms with Crippen LogP contribution in [0.4, 0.5) is 0 Å². The summed E-state index contributed by atoms with van der Waals surface area (Å²) in [6.07, 6.45) is 4.92. The molecule has 1 aromatic carbocycles. The molecule has 2 rings (SSSR count). The summed E-state index contributed by atoms with van der Waals surface area (Å²) in [5, 5.41) is 0. The summed E-state index contributed by atoms with van der Waals surface area (Å²) in [5.41, 5.74) is 6.80. The second-order valence-corrected chi connectivity index (χ2v) is 5.08. The van der Waals surface area contributed by atoms with Gasteiger partial charge in [0.2, 0.25) is 0 Å². The van der Waals surface area contributed by atoms with Crippen molar-refractivity contribution in [2.45, 2.75) is 32.1 Å². The Morgan fingerprint density at radius 3 is 2.35 bits per heavy atom. The molecule has 17 heavy (non-hydrogen) atoms. The van der Waals surface area contributed by atoms with Gasteiger partial charge in [0.1, 0.15) is 5.78 Å². The van der Waals surface area contributed by atoms with Gasteiger partial charge in [0, 0.05) is 12.3 Å². The molecule has 1 aliphatic carbocycles. The fourth-order valence-corrected chi connectivity index (χ4v) is 2.66. The molecule has 0 heterocycles. The molecular formula is C15H21NO. The second kappa shape index (κ2) is 5.97. The summed E-state index contributed by atoms with van der Waals surface area (Å²) in [4.78, 5) is 12.1. The highest BCUT2D eigenvalue weighted by atomic mass is 16.1. The Kier molecular flexibility index (Phi) is 4.32. The molecule has 1 fully saturated rings. The van der Waals surface area contributed by atoms with Crippen molar-refractivity contribution in [1.29, 1.82) is 0 Å².